The largest absolute Gasteiger partial charge is 0.391 e. The van der Waals surface area contributed by atoms with Gasteiger partial charge in [0.1, 0.15) is 0 Å². The molecule has 0 aromatic heterocycles. The minimum absolute atomic E-state index is 0.338. The molecule has 0 aromatic carbocycles. The lowest BCUT2D eigenvalue weighted by molar-refractivity contribution is -0.0653. The topological polar surface area (TPSA) is 29.5 Å². The molecule has 1 saturated carbocycles. The van der Waals surface area contributed by atoms with Gasteiger partial charge in [0.25, 0.3) is 0 Å². The number of aliphatic hydroxyl groups excluding tert-OH is 1. The van der Waals surface area contributed by atoms with Crippen LogP contribution in [-0.2, 0) is 4.74 Å². The van der Waals surface area contributed by atoms with Gasteiger partial charge in [0.15, 0.2) is 0 Å². The first-order chi connectivity index (χ1) is 7.00. The lowest BCUT2D eigenvalue weighted by atomic mass is 9.75. The molecule has 1 aliphatic rings. The molecule has 1 rings (SSSR count). The summed E-state index contributed by atoms with van der Waals surface area (Å²) in [4.78, 5) is 0. The van der Waals surface area contributed by atoms with E-state index in [1.807, 2.05) is 0 Å². The van der Waals surface area contributed by atoms with Gasteiger partial charge in [0.05, 0.1) is 18.8 Å². The zero-order chi connectivity index (χ0) is 11.4. The average Bonchev–Trinajstić information content (AvgIpc) is 2.14. The summed E-state index contributed by atoms with van der Waals surface area (Å²) in [5.41, 5.74) is 0. The molecule has 90 valence electrons. The minimum Gasteiger partial charge on any atom is -0.391 e. The standard InChI is InChI=1S/C13H26O2/c1-9(2)12-6-5-10(3)7-13(12)15-8-11(4)14/h9-14H,5-8H2,1-4H3/t10?,11-,12?,13-/m1/s1. The molecule has 0 heterocycles. The Morgan fingerprint density at radius 1 is 1.27 bits per heavy atom. The Bertz CT molecular complexity index is 177. The summed E-state index contributed by atoms with van der Waals surface area (Å²) >= 11 is 0. The Labute approximate surface area is 94.0 Å². The third kappa shape index (κ3) is 4.12. The van der Waals surface area contributed by atoms with Crippen LogP contribution in [0.1, 0.15) is 47.0 Å². The van der Waals surface area contributed by atoms with E-state index in [1.165, 1.54) is 12.8 Å². The molecule has 0 aromatic rings. The second-order valence-corrected chi connectivity index (χ2v) is 5.55. The fraction of sp³-hybridized carbons (Fsp3) is 1.00. The average molecular weight is 214 g/mol. The van der Waals surface area contributed by atoms with Crippen molar-refractivity contribution >= 4 is 0 Å². The van der Waals surface area contributed by atoms with Crippen LogP contribution in [0.5, 0.6) is 0 Å². The summed E-state index contributed by atoms with van der Waals surface area (Å²) in [5.74, 6) is 2.15. The minimum atomic E-state index is -0.338. The lowest BCUT2D eigenvalue weighted by Gasteiger charge is -2.37. The van der Waals surface area contributed by atoms with E-state index in [0.717, 1.165) is 12.3 Å². The third-order valence-electron chi connectivity index (χ3n) is 3.51. The summed E-state index contributed by atoms with van der Waals surface area (Å²) in [6.45, 7) is 9.13. The Balaban J connectivity index is 2.46. The highest BCUT2D eigenvalue weighted by Crippen LogP contribution is 2.35. The van der Waals surface area contributed by atoms with E-state index in [9.17, 15) is 5.11 Å². The van der Waals surface area contributed by atoms with Crippen LogP contribution in [0.2, 0.25) is 0 Å². The van der Waals surface area contributed by atoms with Gasteiger partial charge < -0.3 is 9.84 Å². The van der Waals surface area contributed by atoms with E-state index in [1.54, 1.807) is 6.92 Å². The van der Waals surface area contributed by atoms with E-state index in [-0.39, 0.29) is 6.10 Å². The van der Waals surface area contributed by atoms with Crippen LogP contribution in [0, 0.1) is 17.8 Å². The molecular formula is C13H26O2. The second kappa shape index (κ2) is 5.86. The van der Waals surface area contributed by atoms with Crippen LogP contribution in [-0.4, -0.2) is 23.9 Å². The third-order valence-corrected chi connectivity index (χ3v) is 3.51. The number of hydrogen-bond acceptors (Lipinski definition) is 2. The molecule has 4 atom stereocenters. The van der Waals surface area contributed by atoms with Gasteiger partial charge in [-0.15, -0.1) is 0 Å². The molecule has 15 heavy (non-hydrogen) atoms. The summed E-state index contributed by atoms with van der Waals surface area (Å²) in [5, 5.41) is 9.25. The van der Waals surface area contributed by atoms with Crippen LogP contribution in [0.3, 0.4) is 0 Å². The van der Waals surface area contributed by atoms with Crippen LogP contribution in [0.4, 0.5) is 0 Å². The normalized spacial score (nSPS) is 34.4. The Kier molecular flexibility index (Phi) is 5.07. The van der Waals surface area contributed by atoms with Crippen molar-refractivity contribution in [2.45, 2.75) is 59.2 Å². The highest BCUT2D eigenvalue weighted by Gasteiger charge is 2.31. The predicted molar refractivity (Wildman–Crippen MR) is 62.8 cm³/mol. The molecule has 0 saturated heterocycles. The van der Waals surface area contributed by atoms with Gasteiger partial charge in [-0.05, 0) is 37.5 Å². The van der Waals surface area contributed by atoms with Crippen molar-refractivity contribution in [2.75, 3.05) is 6.61 Å². The first kappa shape index (κ1) is 13.0. The highest BCUT2D eigenvalue weighted by atomic mass is 16.5. The molecule has 2 unspecified atom stereocenters. The van der Waals surface area contributed by atoms with Gasteiger partial charge in [0.2, 0.25) is 0 Å². The van der Waals surface area contributed by atoms with Crippen LogP contribution in [0.25, 0.3) is 0 Å². The smallest absolute Gasteiger partial charge is 0.0745 e. The number of aliphatic hydroxyl groups is 1. The Hall–Kier alpha value is -0.0800. The van der Waals surface area contributed by atoms with Crippen molar-refractivity contribution in [3.05, 3.63) is 0 Å². The molecule has 2 heteroatoms. The van der Waals surface area contributed by atoms with Crippen molar-refractivity contribution < 1.29 is 9.84 Å². The van der Waals surface area contributed by atoms with Crippen molar-refractivity contribution in [1.82, 2.24) is 0 Å². The van der Waals surface area contributed by atoms with Crippen LogP contribution >= 0.6 is 0 Å². The molecule has 0 spiro atoms. The maximum absolute atomic E-state index is 9.25. The van der Waals surface area contributed by atoms with Gasteiger partial charge in [-0.3, -0.25) is 0 Å². The van der Waals surface area contributed by atoms with Crippen LogP contribution in [0.15, 0.2) is 0 Å². The Morgan fingerprint density at radius 2 is 1.93 bits per heavy atom. The van der Waals surface area contributed by atoms with Gasteiger partial charge in [-0.2, -0.15) is 0 Å². The maximum Gasteiger partial charge on any atom is 0.0745 e. The molecule has 0 aliphatic heterocycles. The summed E-state index contributed by atoms with van der Waals surface area (Å²) in [6.07, 6.45) is 3.80. The summed E-state index contributed by atoms with van der Waals surface area (Å²) in [6, 6.07) is 0. The number of rotatable bonds is 4. The quantitative estimate of drug-likeness (QED) is 0.779. The lowest BCUT2D eigenvalue weighted by Crippen LogP contribution is -2.35. The monoisotopic (exact) mass is 214 g/mol. The fourth-order valence-electron chi connectivity index (χ4n) is 2.57. The number of hydrogen-bond donors (Lipinski definition) is 1. The van der Waals surface area contributed by atoms with Crippen molar-refractivity contribution in [3.63, 3.8) is 0 Å². The van der Waals surface area contributed by atoms with Crippen molar-refractivity contribution in [2.24, 2.45) is 17.8 Å². The molecule has 0 bridgehead atoms. The van der Waals surface area contributed by atoms with Crippen molar-refractivity contribution in [3.8, 4) is 0 Å². The summed E-state index contributed by atoms with van der Waals surface area (Å²) in [7, 11) is 0. The van der Waals surface area contributed by atoms with E-state index in [2.05, 4.69) is 20.8 Å². The van der Waals surface area contributed by atoms with E-state index in [4.69, 9.17) is 4.74 Å². The summed E-state index contributed by atoms with van der Waals surface area (Å²) < 4.78 is 5.84. The molecule has 0 amide bonds. The van der Waals surface area contributed by atoms with Gasteiger partial charge in [-0.1, -0.05) is 27.2 Å². The molecule has 1 N–H and O–H groups in total. The molecule has 2 nitrogen and oxygen atoms in total. The van der Waals surface area contributed by atoms with Gasteiger partial charge in [-0.25, -0.2) is 0 Å². The highest BCUT2D eigenvalue weighted by molar-refractivity contribution is 4.81. The van der Waals surface area contributed by atoms with E-state index < -0.39 is 0 Å². The maximum atomic E-state index is 9.25. The fourth-order valence-corrected chi connectivity index (χ4v) is 2.57. The zero-order valence-electron chi connectivity index (χ0n) is 10.6. The van der Waals surface area contributed by atoms with E-state index in [0.29, 0.717) is 24.5 Å². The first-order valence-corrected chi connectivity index (χ1v) is 6.30. The van der Waals surface area contributed by atoms with E-state index >= 15 is 0 Å². The zero-order valence-corrected chi connectivity index (χ0v) is 10.6. The van der Waals surface area contributed by atoms with Gasteiger partial charge in [0, 0.05) is 0 Å². The van der Waals surface area contributed by atoms with Gasteiger partial charge >= 0.3 is 0 Å². The van der Waals surface area contributed by atoms with Crippen LogP contribution < -0.4 is 0 Å². The number of ether oxygens (including phenoxy) is 1. The predicted octanol–water partition coefficient (Wildman–Crippen LogP) is 2.84. The molecular weight excluding hydrogens is 188 g/mol. The first-order valence-electron chi connectivity index (χ1n) is 6.30. The molecule has 0 radical (unpaired) electrons. The molecule has 1 aliphatic carbocycles. The Morgan fingerprint density at radius 3 is 2.47 bits per heavy atom. The second-order valence-electron chi connectivity index (χ2n) is 5.55. The van der Waals surface area contributed by atoms with Crippen molar-refractivity contribution in [1.29, 1.82) is 0 Å². The molecule has 1 fully saturated rings. The SMILES string of the molecule is CC1CCC(C(C)C)[C@H](OC[C@@H](C)O)C1.